The van der Waals surface area contributed by atoms with Crippen LogP contribution in [-0.4, -0.2) is 29.4 Å². The summed E-state index contributed by atoms with van der Waals surface area (Å²) in [7, 11) is 0. The molecule has 1 aliphatic rings. The Bertz CT molecular complexity index is 529. The molecule has 2 rings (SSSR count). The minimum atomic E-state index is -0.176. The molecule has 1 atom stereocenters. The van der Waals surface area contributed by atoms with E-state index in [2.05, 4.69) is 23.2 Å². The lowest BCUT2D eigenvalue weighted by Crippen LogP contribution is -2.46. The Morgan fingerprint density at radius 2 is 2.10 bits per heavy atom. The maximum Gasteiger partial charge on any atom is 0.241 e. The molecule has 0 radical (unpaired) electrons. The van der Waals surface area contributed by atoms with Crippen LogP contribution in [0, 0.1) is 11.3 Å². The fourth-order valence-corrected chi connectivity index (χ4v) is 3.16. The third-order valence-corrected chi connectivity index (χ3v) is 4.34. The molecule has 1 aromatic rings. The van der Waals surface area contributed by atoms with Crippen LogP contribution in [0.5, 0.6) is 0 Å². The molecule has 0 aliphatic heterocycles. The van der Waals surface area contributed by atoms with Gasteiger partial charge in [-0.3, -0.25) is 9.69 Å². The first kappa shape index (κ1) is 15.5. The van der Waals surface area contributed by atoms with Gasteiger partial charge in [0.2, 0.25) is 5.91 Å². The van der Waals surface area contributed by atoms with Crippen molar-refractivity contribution in [2.45, 2.75) is 51.6 Å². The topological polar surface area (TPSA) is 56.1 Å². The number of nitriles is 1. The van der Waals surface area contributed by atoms with E-state index in [1.165, 1.54) is 25.7 Å². The summed E-state index contributed by atoms with van der Waals surface area (Å²) in [5.41, 5.74) is 1.10. The Labute approximate surface area is 126 Å². The van der Waals surface area contributed by atoms with E-state index in [9.17, 15) is 4.79 Å². The van der Waals surface area contributed by atoms with Crippen molar-refractivity contribution >= 4 is 11.6 Å². The molecule has 1 fully saturated rings. The zero-order valence-electron chi connectivity index (χ0n) is 12.8. The van der Waals surface area contributed by atoms with Gasteiger partial charge in [-0.2, -0.15) is 5.26 Å². The number of nitrogens with one attached hydrogen (secondary N) is 1. The van der Waals surface area contributed by atoms with Gasteiger partial charge in [0.25, 0.3) is 0 Å². The van der Waals surface area contributed by atoms with Crippen molar-refractivity contribution in [1.82, 2.24) is 4.90 Å². The van der Waals surface area contributed by atoms with Crippen LogP contribution < -0.4 is 5.32 Å². The normalized spacial score (nSPS) is 16.7. The summed E-state index contributed by atoms with van der Waals surface area (Å²) in [6.45, 7) is 4.93. The van der Waals surface area contributed by atoms with Crippen molar-refractivity contribution < 1.29 is 4.79 Å². The largest absolute Gasteiger partial charge is 0.324 e. The Hall–Kier alpha value is -1.86. The molecule has 0 saturated heterocycles. The number of nitrogens with zero attached hydrogens (tertiary/aromatic N) is 2. The van der Waals surface area contributed by atoms with Crippen LogP contribution in [-0.2, 0) is 4.79 Å². The van der Waals surface area contributed by atoms with Crippen molar-refractivity contribution in [3.05, 3.63) is 29.8 Å². The lowest BCUT2D eigenvalue weighted by molar-refractivity contribution is -0.121. The molecular formula is C17H23N3O. The smallest absolute Gasteiger partial charge is 0.241 e. The summed E-state index contributed by atoms with van der Waals surface area (Å²) in [6, 6.07) is 9.57. The molecular weight excluding hydrogens is 262 g/mol. The second kappa shape index (κ2) is 7.24. The van der Waals surface area contributed by atoms with Crippen LogP contribution in [0.1, 0.15) is 45.1 Å². The van der Waals surface area contributed by atoms with Crippen molar-refractivity contribution in [2.24, 2.45) is 0 Å². The van der Waals surface area contributed by atoms with Crippen LogP contribution in [0.25, 0.3) is 0 Å². The van der Waals surface area contributed by atoms with Crippen molar-refractivity contribution in [2.75, 3.05) is 11.9 Å². The standard InChI is InChI=1S/C17H23N3O/c1-3-20(15-9-5-6-10-15)13(2)17(21)19-16-11-7-4-8-14(16)12-18/h4,7-8,11,13,15H,3,5-6,9-10H2,1-2H3,(H,19,21). The molecule has 1 aromatic carbocycles. The predicted octanol–water partition coefficient (Wildman–Crippen LogP) is 3.15. The zero-order chi connectivity index (χ0) is 15.2. The van der Waals surface area contributed by atoms with Crippen LogP contribution in [0.4, 0.5) is 5.69 Å². The summed E-state index contributed by atoms with van der Waals surface area (Å²) in [4.78, 5) is 14.8. The highest BCUT2D eigenvalue weighted by atomic mass is 16.2. The van der Waals surface area contributed by atoms with E-state index in [0.29, 0.717) is 17.3 Å². The van der Waals surface area contributed by atoms with Gasteiger partial charge in [0.05, 0.1) is 17.3 Å². The van der Waals surface area contributed by atoms with Crippen LogP contribution in [0.3, 0.4) is 0 Å². The Morgan fingerprint density at radius 3 is 2.71 bits per heavy atom. The number of hydrogen-bond donors (Lipinski definition) is 1. The molecule has 21 heavy (non-hydrogen) atoms. The average molecular weight is 285 g/mol. The third kappa shape index (κ3) is 3.62. The van der Waals surface area contributed by atoms with Gasteiger partial charge >= 0.3 is 0 Å². The molecule has 1 unspecified atom stereocenters. The summed E-state index contributed by atoms with van der Waals surface area (Å²) in [5, 5.41) is 12.0. The van der Waals surface area contributed by atoms with Crippen LogP contribution in [0.2, 0.25) is 0 Å². The number of carbonyl (C=O) groups is 1. The minimum absolute atomic E-state index is 0.0357. The predicted molar refractivity (Wildman–Crippen MR) is 83.9 cm³/mol. The number of rotatable bonds is 5. The van der Waals surface area contributed by atoms with Gasteiger partial charge in [-0.25, -0.2) is 0 Å². The molecule has 4 nitrogen and oxygen atoms in total. The highest BCUT2D eigenvalue weighted by Crippen LogP contribution is 2.25. The fraction of sp³-hybridized carbons (Fsp3) is 0.529. The number of anilines is 1. The molecule has 1 aliphatic carbocycles. The number of benzene rings is 1. The molecule has 1 saturated carbocycles. The monoisotopic (exact) mass is 285 g/mol. The Kier molecular flexibility index (Phi) is 5.35. The lowest BCUT2D eigenvalue weighted by Gasteiger charge is -2.32. The summed E-state index contributed by atoms with van der Waals surface area (Å²) >= 11 is 0. The number of hydrogen-bond acceptors (Lipinski definition) is 3. The van der Waals surface area contributed by atoms with Crippen molar-refractivity contribution in [1.29, 1.82) is 5.26 Å². The SMILES string of the molecule is CCN(C1CCCC1)C(C)C(=O)Nc1ccccc1C#N. The van der Waals surface area contributed by atoms with Gasteiger partial charge in [0.1, 0.15) is 6.07 Å². The van der Waals surface area contributed by atoms with Gasteiger partial charge < -0.3 is 5.32 Å². The number of carbonyl (C=O) groups excluding carboxylic acids is 1. The Morgan fingerprint density at radius 1 is 1.43 bits per heavy atom. The molecule has 0 aromatic heterocycles. The second-order valence-corrected chi connectivity index (χ2v) is 5.59. The van der Waals surface area contributed by atoms with Crippen LogP contribution >= 0.6 is 0 Å². The molecule has 1 amide bonds. The van der Waals surface area contributed by atoms with Gasteiger partial charge in [-0.1, -0.05) is 31.9 Å². The first-order valence-corrected chi connectivity index (χ1v) is 7.73. The minimum Gasteiger partial charge on any atom is -0.324 e. The van der Waals surface area contributed by atoms with Crippen molar-refractivity contribution in [3.8, 4) is 6.07 Å². The number of likely N-dealkylation sites (N-methyl/N-ethyl adjacent to an activating group) is 1. The summed E-state index contributed by atoms with van der Waals surface area (Å²) in [5.74, 6) is -0.0357. The molecule has 0 heterocycles. The highest BCUT2D eigenvalue weighted by molar-refractivity contribution is 5.95. The molecule has 0 spiro atoms. The van der Waals surface area contributed by atoms with Gasteiger partial charge in [-0.15, -0.1) is 0 Å². The lowest BCUT2D eigenvalue weighted by atomic mass is 10.1. The van der Waals surface area contributed by atoms with E-state index in [0.717, 1.165) is 6.54 Å². The fourth-order valence-electron chi connectivity index (χ4n) is 3.16. The first-order chi connectivity index (χ1) is 10.2. The van der Waals surface area contributed by atoms with E-state index in [1.54, 1.807) is 18.2 Å². The van der Waals surface area contributed by atoms with Gasteiger partial charge in [0.15, 0.2) is 0 Å². The van der Waals surface area contributed by atoms with E-state index in [-0.39, 0.29) is 11.9 Å². The maximum absolute atomic E-state index is 12.5. The Balaban J connectivity index is 2.06. The number of para-hydroxylation sites is 1. The second-order valence-electron chi connectivity index (χ2n) is 5.59. The molecule has 0 bridgehead atoms. The van der Waals surface area contributed by atoms with E-state index < -0.39 is 0 Å². The molecule has 112 valence electrons. The zero-order valence-corrected chi connectivity index (χ0v) is 12.8. The maximum atomic E-state index is 12.5. The van der Waals surface area contributed by atoms with E-state index in [1.807, 2.05) is 13.0 Å². The summed E-state index contributed by atoms with van der Waals surface area (Å²) in [6.07, 6.45) is 4.88. The van der Waals surface area contributed by atoms with Gasteiger partial charge in [-0.05, 0) is 38.4 Å². The van der Waals surface area contributed by atoms with E-state index in [4.69, 9.17) is 5.26 Å². The summed E-state index contributed by atoms with van der Waals surface area (Å²) < 4.78 is 0. The van der Waals surface area contributed by atoms with E-state index >= 15 is 0 Å². The number of amides is 1. The highest BCUT2D eigenvalue weighted by Gasteiger charge is 2.29. The molecule has 1 N–H and O–H groups in total. The van der Waals surface area contributed by atoms with Crippen molar-refractivity contribution in [3.63, 3.8) is 0 Å². The quantitative estimate of drug-likeness (QED) is 0.904. The van der Waals surface area contributed by atoms with Crippen LogP contribution in [0.15, 0.2) is 24.3 Å². The third-order valence-electron chi connectivity index (χ3n) is 4.34. The first-order valence-electron chi connectivity index (χ1n) is 7.73. The molecule has 4 heteroatoms. The average Bonchev–Trinajstić information content (AvgIpc) is 3.02. The van der Waals surface area contributed by atoms with Gasteiger partial charge in [0, 0.05) is 6.04 Å².